The lowest BCUT2D eigenvalue weighted by Gasteiger charge is -2.36. The van der Waals surface area contributed by atoms with Crippen molar-refractivity contribution in [3.8, 4) is 5.75 Å². The molecule has 4 atom stereocenters. The first-order chi connectivity index (χ1) is 22.6. The van der Waals surface area contributed by atoms with Crippen molar-refractivity contribution in [3.63, 3.8) is 0 Å². The van der Waals surface area contributed by atoms with Crippen LogP contribution in [0.4, 0.5) is 10.5 Å². The lowest BCUT2D eigenvalue weighted by atomic mass is 9.96. The number of carbonyl (C=O) groups excluding carboxylic acids is 3. The molecule has 0 aromatic heterocycles. The maximum atomic E-state index is 14.4. The minimum absolute atomic E-state index is 0.106. The molecule has 10 heteroatoms. The van der Waals surface area contributed by atoms with E-state index in [1.165, 1.54) is 6.42 Å². The number of urea groups is 1. The lowest BCUT2D eigenvalue weighted by molar-refractivity contribution is -0.115. The Bertz CT molecular complexity index is 1300. The van der Waals surface area contributed by atoms with Gasteiger partial charge in [0.15, 0.2) is 0 Å². The van der Waals surface area contributed by atoms with Crippen LogP contribution in [0, 0.1) is 5.92 Å². The average Bonchev–Trinajstić information content (AvgIpc) is 3.06. The van der Waals surface area contributed by atoms with Crippen LogP contribution in [0.25, 0.3) is 0 Å². The summed E-state index contributed by atoms with van der Waals surface area (Å²) in [6, 6.07) is 14.3. The van der Waals surface area contributed by atoms with Crippen LogP contribution < -0.4 is 15.4 Å². The van der Waals surface area contributed by atoms with Gasteiger partial charge in [-0.3, -0.25) is 9.59 Å². The molecule has 0 spiro atoms. The quantitative estimate of drug-likeness (QED) is 0.340. The Kier molecular flexibility index (Phi) is 13.9. The van der Waals surface area contributed by atoms with E-state index in [0.717, 1.165) is 50.5 Å². The number of likely N-dealkylation sites (N-methyl/N-ethyl adjacent to an activating group) is 1. The molecule has 4 amide bonds. The molecule has 0 unspecified atom stereocenters. The molecule has 2 aliphatic rings. The summed E-state index contributed by atoms with van der Waals surface area (Å²) in [5.41, 5.74) is 1.70. The summed E-state index contributed by atoms with van der Waals surface area (Å²) < 4.78 is 12.7. The van der Waals surface area contributed by atoms with E-state index in [2.05, 4.69) is 10.6 Å². The second-order valence-corrected chi connectivity index (χ2v) is 13.4. The maximum Gasteiger partial charge on any atom is 0.317 e. The zero-order valence-electron chi connectivity index (χ0n) is 28.6. The number of nitrogens with one attached hydrogen (secondary N) is 2. The van der Waals surface area contributed by atoms with Gasteiger partial charge in [-0.15, -0.1) is 0 Å². The SMILES string of the molecule is C[C@@H]1CCCCO[C@H](CN(C)C(=O)NC2CCCCC2)[C@@H](C)CN([C@H](C)CO)C(=O)c2cc(NC(=O)Cc3ccccc3)ccc2O1. The van der Waals surface area contributed by atoms with Crippen molar-refractivity contribution in [1.29, 1.82) is 0 Å². The van der Waals surface area contributed by atoms with Gasteiger partial charge in [0, 0.05) is 44.4 Å². The van der Waals surface area contributed by atoms with Crippen LogP contribution in [0.5, 0.6) is 5.75 Å². The van der Waals surface area contributed by atoms with Gasteiger partial charge in [0.05, 0.1) is 36.8 Å². The van der Waals surface area contributed by atoms with Crippen LogP contribution in [0.15, 0.2) is 48.5 Å². The Morgan fingerprint density at radius 2 is 1.74 bits per heavy atom. The van der Waals surface area contributed by atoms with E-state index >= 15 is 0 Å². The number of ether oxygens (including phenoxy) is 2. The fourth-order valence-electron chi connectivity index (χ4n) is 6.33. The smallest absolute Gasteiger partial charge is 0.317 e. The monoisotopic (exact) mass is 650 g/mol. The number of fused-ring (bicyclic) bond motifs is 1. The molecule has 1 heterocycles. The second kappa shape index (κ2) is 18.1. The standard InChI is InChI=1S/C37H54N4O6/c1-26-23-41(27(2)25-42)36(44)32-22-31(38-35(43)21-29-14-7-5-8-15-29)18-19-33(32)47-28(3)13-11-12-20-46-34(26)24-40(4)37(45)39-30-16-9-6-10-17-30/h5,7-8,14-15,18-19,22,26-28,30,34,42H,6,9-13,16-17,20-21,23-25H2,1-4H3,(H,38,43)(H,39,45)/t26-,27+,28+,34+/m0/s1. The number of anilines is 1. The molecule has 3 N–H and O–H groups in total. The maximum absolute atomic E-state index is 14.4. The summed E-state index contributed by atoms with van der Waals surface area (Å²) in [7, 11) is 1.79. The number of hydrogen-bond acceptors (Lipinski definition) is 6. The van der Waals surface area contributed by atoms with Crippen LogP contribution in [-0.4, -0.2) is 90.4 Å². The van der Waals surface area contributed by atoms with E-state index in [1.807, 2.05) is 51.1 Å². The topological polar surface area (TPSA) is 120 Å². The molecule has 2 aromatic carbocycles. The van der Waals surface area contributed by atoms with Gasteiger partial charge < -0.3 is 35.0 Å². The summed E-state index contributed by atoms with van der Waals surface area (Å²) >= 11 is 0. The molecule has 1 saturated carbocycles. The first-order valence-corrected chi connectivity index (χ1v) is 17.3. The molecule has 0 saturated heterocycles. The van der Waals surface area contributed by atoms with Gasteiger partial charge in [0.1, 0.15) is 5.75 Å². The first kappa shape index (κ1) is 36.2. The molecular formula is C37H54N4O6. The van der Waals surface area contributed by atoms with E-state index in [-0.39, 0.29) is 55.0 Å². The van der Waals surface area contributed by atoms with Gasteiger partial charge >= 0.3 is 6.03 Å². The number of aliphatic hydroxyl groups excluding tert-OH is 1. The van der Waals surface area contributed by atoms with Gasteiger partial charge in [0.2, 0.25) is 5.91 Å². The molecule has 10 nitrogen and oxygen atoms in total. The summed E-state index contributed by atoms with van der Waals surface area (Å²) in [6.07, 6.45) is 7.73. The fraction of sp³-hybridized carbons (Fsp3) is 0.595. The highest BCUT2D eigenvalue weighted by molar-refractivity contribution is 6.00. The Balaban J connectivity index is 1.56. The van der Waals surface area contributed by atoms with Gasteiger partial charge in [-0.25, -0.2) is 4.79 Å². The Morgan fingerprint density at radius 3 is 2.47 bits per heavy atom. The molecule has 1 fully saturated rings. The average molecular weight is 651 g/mol. The highest BCUT2D eigenvalue weighted by atomic mass is 16.5. The fourth-order valence-corrected chi connectivity index (χ4v) is 6.33. The number of aliphatic hydroxyl groups is 1. The molecule has 0 bridgehead atoms. The van der Waals surface area contributed by atoms with Gasteiger partial charge in [-0.1, -0.05) is 56.5 Å². The minimum atomic E-state index is -0.493. The molecule has 258 valence electrons. The van der Waals surface area contributed by atoms with Crippen molar-refractivity contribution < 1.29 is 29.0 Å². The van der Waals surface area contributed by atoms with Crippen molar-refractivity contribution in [3.05, 3.63) is 59.7 Å². The summed E-state index contributed by atoms with van der Waals surface area (Å²) in [4.78, 5) is 43.7. The van der Waals surface area contributed by atoms with E-state index < -0.39 is 6.04 Å². The number of nitrogens with zero attached hydrogens (tertiary/aromatic N) is 2. The first-order valence-electron chi connectivity index (χ1n) is 17.3. The Labute approximate surface area is 280 Å². The van der Waals surface area contributed by atoms with E-state index in [4.69, 9.17) is 9.47 Å². The zero-order valence-corrected chi connectivity index (χ0v) is 28.6. The third-order valence-corrected chi connectivity index (χ3v) is 9.28. The van der Waals surface area contributed by atoms with Crippen molar-refractivity contribution in [2.75, 3.05) is 38.7 Å². The predicted molar refractivity (Wildman–Crippen MR) is 184 cm³/mol. The molecule has 1 aliphatic carbocycles. The van der Waals surface area contributed by atoms with Crippen LogP contribution in [0.2, 0.25) is 0 Å². The van der Waals surface area contributed by atoms with Gasteiger partial charge in [-0.05, 0) is 69.7 Å². The number of benzene rings is 2. The van der Waals surface area contributed by atoms with Crippen molar-refractivity contribution in [1.82, 2.24) is 15.1 Å². The number of carbonyl (C=O) groups is 3. The molecule has 1 aliphatic heterocycles. The number of hydrogen-bond donors (Lipinski definition) is 3. The Morgan fingerprint density at radius 1 is 1.02 bits per heavy atom. The number of rotatable bonds is 8. The third kappa shape index (κ3) is 11.0. The van der Waals surface area contributed by atoms with E-state index in [1.54, 1.807) is 35.0 Å². The van der Waals surface area contributed by atoms with Gasteiger partial charge in [-0.2, -0.15) is 0 Å². The van der Waals surface area contributed by atoms with Crippen LogP contribution >= 0.6 is 0 Å². The van der Waals surface area contributed by atoms with E-state index in [9.17, 15) is 19.5 Å². The van der Waals surface area contributed by atoms with Crippen molar-refractivity contribution in [2.24, 2.45) is 5.92 Å². The Hall–Kier alpha value is -3.63. The normalized spacial score (nSPS) is 22.3. The summed E-state index contributed by atoms with van der Waals surface area (Å²) in [5, 5.41) is 16.4. The van der Waals surface area contributed by atoms with Crippen LogP contribution in [0.3, 0.4) is 0 Å². The number of amides is 4. The molecule has 0 radical (unpaired) electrons. The lowest BCUT2D eigenvalue weighted by Crippen LogP contribution is -2.50. The highest BCUT2D eigenvalue weighted by Crippen LogP contribution is 2.29. The molecule has 2 aromatic rings. The van der Waals surface area contributed by atoms with Crippen LogP contribution in [0.1, 0.15) is 88.1 Å². The summed E-state index contributed by atoms with van der Waals surface area (Å²) in [6.45, 7) is 6.79. The highest BCUT2D eigenvalue weighted by Gasteiger charge is 2.31. The molecule has 47 heavy (non-hydrogen) atoms. The van der Waals surface area contributed by atoms with Crippen molar-refractivity contribution in [2.45, 2.75) is 103 Å². The van der Waals surface area contributed by atoms with Crippen LogP contribution in [-0.2, 0) is 16.0 Å². The second-order valence-electron chi connectivity index (χ2n) is 13.4. The predicted octanol–water partition coefficient (Wildman–Crippen LogP) is 5.64. The molecular weight excluding hydrogens is 596 g/mol. The molecule has 4 rings (SSSR count). The summed E-state index contributed by atoms with van der Waals surface area (Å²) in [5.74, 6) is -0.211. The van der Waals surface area contributed by atoms with Gasteiger partial charge in [0.25, 0.3) is 5.91 Å². The largest absolute Gasteiger partial charge is 0.490 e. The minimum Gasteiger partial charge on any atom is -0.490 e. The van der Waals surface area contributed by atoms with Crippen molar-refractivity contribution >= 4 is 23.5 Å². The zero-order chi connectivity index (χ0) is 33.8. The third-order valence-electron chi connectivity index (χ3n) is 9.28. The van der Waals surface area contributed by atoms with E-state index in [0.29, 0.717) is 36.7 Å².